The fraction of sp³-hybridized carbons (Fsp3) is 0.156. The molecular formula is C32H28BrN3O7. The Labute approximate surface area is 255 Å². The van der Waals surface area contributed by atoms with Crippen molar-refractivity contribution >= 4 is 38.4 Å². The number of esters is 1. The molecule has 0 amide bonds. The molecule has 0 spiro atoms. The van der Waals surface area contributed by atoms with Gasteiger partial charge in [-0.2, -0.15) is 0 Å². The van der Waals surface area contributed by atoms with Crippen molar-refractivity contribution in [1.82, 2.24) is 9.55 Å². The Hall–Kier alpha value is -5.03. The van der Waals surface area contributed by atoms with Gasteiger partial charge in [-0.1, -0.05) is 6.07 Å². The molecular weight excluding hydrogens is 618 g/mol. The van der Waals surface area contributed by atoms with Gasteiger partial charge in [0.05, 0.1) is 39.5 Å². The van der Waals surface area contributed by atoms with E-state index in [1.54, 1.807) is 54.7 Å². The Bertz CT molecular complexity index is 1850. The van der Waals surface area contributed by atoms with Gasteiger partial charge in [-0.3, -0.25) is 14.3 Å². The molecule has 0 saturated carbocycles. The summed E-state index contributed by atoms with van der Waals surface area (Å²) in [5.74, 6) is 0.836. The Balaban J connectivity index is 1.91. The number of methoxy groups -OCH3 is 4. The molecule has 0 aliphatic carbocycles. The molecule has 0 saturated heterocycles. The van der Waals surface area contributed by atoms with Crippen molar-refractivity contribution in [2.45, 2.75) is 6.61 Å². The van der Waals surface area contributed by atoms with Crippen LogP contribution in [0.4, 0.5) is 5.69 Å². The first-order valence-electron chi connectivity index (χ1n) is 13.0. The van der Waals surface area contributed by atoms with Crippen LogP contribution in [0, 0.1) is 0 Å². The van der Waals surface area contributed by atoms with Gasteiger partial charge in [0.2, 0.25) is 0 Å². The molecule has 0 radical (unpaired) electrons. The zero-order valence-corrected chi connectivity index (χ0v) is 25.4. The smallest absolute Gasteiger partial charge is 0.355 e. The lowest BCUT2D eigenvalue weighted by Crippen LogP contribution is -2.27. The first-order chi connectivity index (χ1) is 20.8. The minimum absolute atomic E-state index is 0.0135. The number of nitrogens with zero attached hydrogens (tertiary/aromatic N) is 2. The van der Waals surface area contributed by atoms with E-state index < -0.39 is 11.5 Å². The van der Waals surface area contributed by atoms with Crippen molar-refractivity contribution in [2.75, 3.05) is 34.2 Å². The summed E-state index contributed by atoms with van der Waals surface area (Å²) in [6, 6.07) is 18.9. The van der Waals surface area contributed by atoms with Gasteiger partial charge in [0, 0.05) is 28.5 Å². The van der Waals surface area contributed by atoms with Crippen LogP contribution in [-0.2, 0) is 11.3 Å². The molecule has 2 N–H and O–H groups in total. The van der Waals surface area contributed by atoms with E-state index >= 15 is 0 Å². The van der Waals surface area contributed by atoms with E-state index in [0.29, 0.717) is 61.1 Å². The molecule has 5 rings (SSSR count). The molecule has 10 nitrogen and oxygen atoms in total. The van der Waals surface area contributed by atoms with Crippen LogP contribution in [0.3, 0.4) is 0 Å². The minimum Gasteiger partial charge on any atom is -0.495 e. The molecule has 0 fully saturated rings. The van der Waals surface area contributed by atoms with E-state index in [4.69, 9.17) is 29.4 Å². The monoisotopic (exact) mass is 645 g/mol. The van der Waals surface area contributed by atoms with Crippen molar-refractivity contribution in [3.63, 3.8) is 0 Å². The first kappa shape index (κ1) is 29.5. The number of aromatic nitrogens is 2. The van der Waals surface area contributed by atoms with Crippen molar-refractivity contribution in [3.05, 3.63) is 99.1 Å². The lowest BCUT2D eigenvalue weighted by atomic mass is 9.95. The van der Waals surface area contributed by atoms with Crippen LogP contribution in [0.5, 0.6) is 23.0 Å². The lowest BCUT2D eigenvalue weighted by Gasteiger charge is -2.21. The number of carbonyl (C=O) groups excluding carboxylic acids is 1. The van der Waals surface area contributed by atoms with E-state index in [1.165, 1.54) is 33.0 Å². The highest BCUT2D eigenvalue weighted by atomic mass is 79.9. The maximum absolute atomic E-state index is 14.3. The molecule has 0 unspecified atom stereocenters. The number of ether oxygens (including phenoxy) is 5. The Morgan fingerprint density at radius 1 is 0.860 bits per heavy atom. The highest BCUT2D eigenvalue weighted by Gasteiger charge is 2.28. The summed E-state index contributed by atoms with van der Waals surface area (Å²) in [4.78, 5) is 32.2. The second-order valence-electron chi connectivity index (χ2n) is 9.30. The van der Waals surface area contributed by atoms with Gasteiger partial charge in [0.15, 0.2) is 11.5 Å². The number of benzene rings is 3. The minimum atomic E-state index is -0.735. The largest absolute Gasteiger partial charge is 0.495 e. The van der Waals surface area contributed by atoms with Crippen molar-refractivity contribution in [2.24, 2.45) is 0 Å². The molecule has 3 aromatic carbocycles. The van der Waals surface area contributed by atoms with Crippen LogP contribution in [0.25, 0.3) is 27.6 Å². The van der Waals surface area contributed by atoms with E-state index in [1.807, 2.05) is 18.2 Å². The third-order valence-electron chi connectivity index (χ3n) is 6.83. The molecule has 43 heavy (non-hydrogen) atoms. The maximum atomic E-state index is 14.3. The number of hydrogen-bond acceptors (Lipinski definition) is 9. The zero-order valence-electron chi connectivity index (χ0n) is 23.8. The van der Waals surface area contributed by atoms with Crippen molar-refractivity contribution in [1.29, 1.82) is 0 Å². The second-order valence-corrected chi connectivity index (χ2v) is 10.1. The fourth-order valence-electron chi connectivity index (χ4n) is 4.78. The number of nitrogens with two attached hydrogens (primary N) is 1. The van der Waals surface area contributed by atoms with Crippen LogP contribution in [0.2, 0.25) is 0 Å². The van der Waals surface area contributed by atoms with Gasteiger partial charge in [-0.15, -0.1) is 0 Å². The number of halogens is 1. The number of rotatable bonds is 9. The number of carbonyl (C=O) groups is 1. The predicted octanol–water partition coefficient (Wildman–Crippen LogP) is 5.79. The molecule has 0 aliphatic rings. The maximum Gasteiger partial charge on any atom is 0.355 e. The van der Waals surface area contributed by atoms with E-state index in [2.05, 4.69) is 20.9 Å². The van der Waals surface area contributed by atoms with E-state index in [0.717, 1.165) is 0 Å². The standard InChI is InChI=1S/C32H28BrN3O7/c1-39-24-15-22-23(16-25(24)43-17-20-7-5-6-12-35-20)31(37)36(21-10-8-19(34)9-11-21)30(32(38)42-4)28(22)18-13-26(40-2)29(33)27(14-18)41-3/h5-16H,17,34H2,1-4H3. The average Bonchev–Trinajstić information content (AvgIpc) is 3.04. The van der Waals surface area contributed by atoms with E-state index in [9.17, 15) is 9.59 Å². The van der Waals surface area contributed by atoms with Gasteiger partial charge >= 0.3 is 5.97 Å². The summed E-state index contributed by atoms with van der Waals surface area (Å²) < 4.78 is 30.1. The quantitative estimate of drug-likeness (QED) is 0.157. The van der Waals surface area contributed by atoms with Gasteiger partial charge < -0.3 is 29.4 Å². The van der Waals surface area contributed by atoms with Crippen LogP contribution in [0.15, 0.2) is 82.2 Å². The number of nitrogen functional groups attached to an aromatic ring is 1. The second kappa shape index (κ2) is 12.5. The topological polar surface area (TPSA) is 124 Å². The van der Waals surface area contributed by atoms with Crippen LogP contribution in [0.1, 0.15) is 16.2 Å². The molecule has 5 aromatic rings. The average molecular weight is 646 g/mol. The van der Waals surface area contributed by atoms with Crippen molar-refractivity contribution in [3.8, 4) is 39.8 Å². The predicted molar refractivity (Wildman–Crippen MR) is 167 cm³/mol. The first-order valence-corrected chi connectivity index (χ1v) is 13.8. The van der Waals surface area contributed by atoms with Gasteiger partial charge in [0.1, 0.15) is 28.3 Å². The summed E-state index contributed by atoms with van der Waals surface area (Å²) in [5, 5.41) is 0.683. The van der Waals surface area contributed by atoms with Gasteiger partial charge in [-0.05, 0) is 82.2 Å². The Morgan fingerprint density at radius 2 is 1.51 bits per heavy atom. The summed E-state index contributed by atoms with van der Waals surface area (Å²) in [6.45, 7) is 0.142. The highest BCUT2D eigenvalue weighted by Crippen LogP contribution is 2.44. The molecule has 2 aromatic heterocycles. The number of fused-ring (bicyclic) bond motifs is 1. The van der Waals surface area contributed by atoms with E-state index in [-0.39, 0.29) is 17.7 Å². The number of anilines is 1. The summed E-state index contributed by atoms with van der Waals surface area (Å²) in [5.41, 5.74) is 7.96. The summed E-state index contributed by atoms with van der Waals surface area (Å²) in [7, 11) is 5.79. The summed E-state index contributed by atoms with van der Waals surface area (Å²) >= 11 is 3.51. The SMILES string of the molecule is COC(=O)c1c(-c2cc(OC)c(Br)c(OC)c2)c2cc(OC)c(OCc3ccccn3)cc2c(=O)n1-c1ccc(N)cc1. The molecule has 2 heterocycles. The number of pyridine rings is 2. The lowest BCUT2D eigenvalue weighted by molar-refractivity contribution is 0.0591. The zero-order chi connectivity index (χ0) is 30.7. The van der Waals surface area contributed by atoms with Crippen LogP contribution < -0.4 is 30.2 Å². The molecule has 0 bridgehead atoms. The molecule has 0 aliphatic heterocycles. The van der Waals surface area contributed by atoms with Crippen LogP contribution in [-0.4, -0.2) is 44.0 Å². The van der Waals surface area contributed by atoms with Crippen LogP contribution >= 0.6 is 15.9 Å². The number of hydrogen-bond donors (Lipinski definition) is 1. The van der Waals surface area contributed by atoms with Gasteiger partial charge in [0.25, 0.3) is 5.56 Å². The third kappa shape index (κ3) is 5.59. The van der Waals surface area contributed by atoms with Crippen molar-refractivity contribution < 1.29 is 28.5 Å². The Kier molecular flexibility index (Phi) is 8.53. The molecule has 11 heteroatoms. The Morgan fingerprint density at radius 3 is 2.09 bits per heavy atom. The normalized spacial score (nSPS) is 10.8. The fourth-order valence-corrected chi connectivity index (χ4v) is 5.33. The van der Waals surface area contributed by atoms with Gasteiger partial charge in [-0.25, -0.2) is 4.79 Å². The molecule has 0 atom stereocenters. The molecule has 220 valence electrons. The highest BCUT2D eigenvalue weighted by molar-refractivity contribution is 9.10. The third-order valence-corrected chi connectivity index (χ3v) is 7.61. The summed E-state index contributed by atoms with van der Waals surface area (Å²) in [6.07, 6.45) is 1.67.